The number of hydrogen-bond donors (Lipinski definition) is 1. The Kier molecular flexibility index (Phi) is 3.74. The fourth-order valence-electron chi connectivity index (χ4n) is 2.20. The first-order valence-corrected chi connectivity index (χ1v) is 8.19. The van der Waals surface area contributed by atoms with Crippen LogP contribution in [0.25, 0.3) is 20.9 Å². The molecule has 104 valence electrons. The number of nitrogens with two attached hydrogens (primary N) is 1. The molecule has 2 N–H and O–H groups in total. The van der Waals surface area contributed by atoms with E-state index in [1.165, 1.54) is 16.2 Å². The average molecular weight is 311 g/mol. The van der Waals surface area contributed by atoms with Gasteiger partial charge in [-0.25, -0.2) is 0 Å². The summed E-state index contributed by atoms with van der Waals surface area (Å²) in [5, 5.41) is 9.27. The second-order valence-electron chi connectivity index (χ2n) is 4.52. The average Bonchev–Trinajstić information content (AvgIpc) is 3.12. The Hall–Kier alpha value is -2.16. The molecule has 21 heavy (non-hydrogen) atoms. The van der Waals surface area contributed by atoms with E-state index < -0.39 is 0 Å². The van der Waals surface area contributed by atoms with Gasteiger partial charge in [0, 0.05) is 27.7 Å². The lowest BCUT2D eigenvalue weighted by Gasteiger charge is -2.03. The van der Waals surface area contributed by atoms with E-state index in [1.807, 2.05) is 12.1 Å². The molecule has 5 heteroatoms. The molecule has 0 atom stereocenters. The molecule has 0 aromatic carbocycles. The molecule has 3 aromatic heterocycles. The molecule has 0 fully saturated rings. The van der Waals surface area contributed by atoms with Crippen LogP contribution in [0, 0.1) is 11.3 Å². The minimum atomic E-state index is 0.565. The molecule has 0 amide bonds. The molecule has 0 bridgehead atoms. The number of aryl methyl sites for hydroxylation is 1. The highest BCUT2D eigenvalue weighted by molar-refractivity contribution is 7.23. The van der Waals surface area contributed by atoms with Crippen LogP contribution in [0.5, 0.6) is 0 Å². The van der Waals surface area contributed by atoms with Gasteiger partial charge in [0.2, 0.25) is 0 Å². The zero-order valence-electron chi connectivity index (χ0n) is 11.5. The SMILES string of the molecule is CCc1ccc(-c2sc(C#N)c(N)c2-c2ccncc2)s1. The van der Waals surface area contributed by atoms with Crippen LogP contribution in [0.4, 0.5) is 5.69 Å². The summed E-state index contributed by atoms with van der Waals surface area (Å²) in [5.41, 5.74) is 8.71. The Morgan fingerprint density at radius 2 is 1.95 bits per heavy atom. The Bertz CT molecular complexity index is 810. The summed E-state index contributed by atoms with van der Waals surface area (Å²) in [6.45, 7) is 2.14. The van der Waals surface area contributed by atoms with Crippen molar-refractivity contribution in [1.29, 1.82) is 5.26 Å². The van der Waals surface area contributed by atoms with E-state index in [9.17, 15) is 5.26 Å². The van der Waals surface area contributed by atoms with Crippen LogP contribution < -0.4 is 5.73 Å². The number of nitrogens with zero attached hydrogens (tertiary/aromatic N) is 2. The third-order valence-electron chi connectivity index (χ3n) is 3.25. The first-order chi connectivity index (χ1) is 10.2. The molecule has 0 saturated carbocycles. The van der Waals surface area contributed by atoms with Gasteiger partial charge >= 0.3 is 0 Å². The summed E-state index contributed by atoms with van der Waals surface area (Å²) in [6.07, 6.45) is 4.50. The maximum atomic E-state index is 9.27. The Balaban J connectivity index is 2.23. The zero-order valence-corrected chi connectivity index (χ0v) is 13.1. The summed E-state index contributed by atoms with van der Waals surface area (Å²) in [5.74, 6) is 0. The second-order valence-corrected chi connectivity index (χ2v) is 6.71. The number of anilines is 1. The first-order valence-electron chi connectivity index (χ1n) is 6.56. The predicted molar refractivity (Wildman–Crippen MR) is 89.4 cm³/mol. The molecule has 0 radical (unpaired) electrons. The van der Waals surface area contributed by atoms with E-state index in [1.54, 1.807) is 23.7 Å². The monoisotopic (exact) mass is 311 g/mol. The van der Waals surface area contributed by atoms with Crippen LogP contribution in [0.1, 0.15) is 16.7 Å². The number of pyridine rings is 1. The topological polar surface area (TPSA) is 62.7 Å². The van der Waals surface area contributed by atoms with Gasteiger partial charge in [-0.15, -0.1) is 22.7 Å². The maximum absolute atomic E-state index is 9.27. The van der Waals surface area contributed by atoms with Crippen molar-refractivity contribution in [3.05, 3.63) is 46.4 Å². The predicted octanol–water partition coefficient (Wildman–Crippen LogP) is 4.55. The number of nitriles is 1. The van der Waals surface area contributed by atoms with Crippen LogP contribution in [-0.4, -0.2) is 4.98 Å². The van der Waals surface area contributed by atoms with Crippen LogP contribution >= 0.6 is 22.7 Å². The molecule has 0 aliphatic rings. The standard InChI is InChI=1S/C16H13N3S2/c1-2-11-3-4-12(20-11)16-14(10-5-7-19-8-6-10)15(18)13(9-17)21-16/h3-8H,2,18H2,1H3. The minimum absolute atomic E-state index is 0.565. The minimum Gasteiger partial charge on any atom is -0.396 e. The van der Waals surface area contributed by atoms with Crippen molar-refractivity contribution in [3.8, 4) is 27.0 Å². The van der Waals surface area contributed by atoms with Gasteiger partial charge in [-0.3, -0.25) is 4.98 Å². The molecule has 0 aliphatic carbocycles. The second kappa shape index (κ2) is 5.68. The summed E-state index contributed by atoms with van der Waals surface area (Å²) in [7, 11) is 0. The van der Waals surface area contributed by atoms with Gasteiger partial charge in [0.1, 0.15) is 10.9 Å². The maximum Gasteiger partial charge on any atom is 0.129 e. The normalized spacial score (nSPS) is 10.5. The van der Waals surface area contributed by atoms with Crippen molar-refractivity contribution < 1.29 is 0 Å². The van der Waals surface area contributed by atoms with Gasteiger partial charge in [-0.05, 0) is 36.2 Å². The van der Waals surface area contributed by atoms with Crippen LogP contribution in [-0.2, 0) is 6.42 Å². The highest BCUT2D eigenvalue weighted by Gasteiger charge is 2.19. The summed E-state index contributed by atoms with van der Waals surface area (Å²) >= 11 is 3.22. The lowest BCUT2D eigenvalue weighted by molar-refractivity contribution is 1.19. The Labute approximate surface area is 131 Å². The lowest BCUT2D eigenvalue weighted by atomic mass is 10.1. The van der Waals surface area contributed by atoms with Crippen molar-refractivity contribution >= 4 is 28.4 Å². The van der Waals surface area contributed by atoms with E-state index in [4.69, 9.17) is 5.73 Å². The summed E-state index contributed by atoms with van der Waals surface area (Å²) in [6, 6.07) is 10.3. The van der Waals surface area contributed by atoms with Crippen molar-refractivity contribution in [2.24, 2.45) is 0 Å². The van der Waals surface area contributed by atoms with Crippen molar-refractivity contribution in [3.63, 3.8) is 0 Å². The van der Waals surface area contributed by atoms with Crippen LogP contribution in [0.3, 0.4) is 0 Å². The molecular formula is C16H13N3S2. The number of thiophene rings is 2. The molecule has 0 aliphatic heterocycles. The first kappa shape index (κ1) is 13.8. The quantitative estimate of drug-likeness (QED) is 0.771. The van der Waals surface area contributed by atoms with Gasteiger partial charge in [-0.1, -0.05) is 6.92 Å². The summed E-state index contributed by atoms with van der Waals surface area (Å²) < 4.78 is 0. The molecule has 3 rings (SSSR count). The number of hydrogen-bond acceptors (Lipinski definition) is 5. The number of aromatic nitrogens is 1. The van der Waals surface area contributed by atoms with E-state index in [2.05, 4.69) is 30.1 Å². The van der Waals surface area contributed by atoms with E-state index in [-0.39, 0.29) is 0 Å². The lowest BCUT2D eigenvalue weighted by Crippen LogP contribution is -1.89. The zero-order chi connectivity index (χ0) is 14.8. The van der Waals surface area contributed by atoms with Crippen molar-refractivity contribution in [1.82, 2.24) is 4.98 Å². The number of nitrogen functional groups attached to an aromatic ring is 1. The van der Waals surface area contributed by atoms with E-state index >= 15 is 0 Å². The Morgan fingerprint density at radius 3 is 2.57 bits per heavy atom. The Morgan fingerprint density at radius 1 is 1.19 bits per heavy atom. The third-order valence-corrected chi connectivity index (χ3v) is 5.77. The van der Waals surface area contributed by atoms with E-state index in [0.717, 1.165) is 27.3 Å². The molecule has 0 saturated heterocycles. The molecule has 0 spiro atoms. The van der Waals surface area contributed by atoms with Crippen LogP contribution in [0.15, 0.2) is 36.7 Å². The van der Waals surface area contributed by atoms with Crippen molar-refractivity contribution in [2.75, 3.05) is 5.73 Å². The smallest absolute Gasteiger partial charge is 0.129 e. The van der Waals surface area contributed by atoms with E-state index in [0.29, 0.717) is 10.6 Å². The van der Waals surface area contributed by atoms with Gasteiger partial charge in [0.05, 0.1) is 10.6 Å². The van der Waals surface area contributed by atoms with Gasteiger partial charge in [-0.2, -0.15) is 5.26 Å². The van der Waals surface area contributed by atoms with Crippen molar-refractivity contribution in [2.45, 2.75) is 13.3 Å². The number of rotatable bonds is 3. The molecule has 3 aromatic rings. The van der Waals surface area contributed by atoms with Gasteiger partial charge in [0.25, 0.3) is 0 Å². The third kappa shape index (κ3) is 2.44. The van der Waals surface area contributed by atoms with Crippen LogP contribution in [0.2, 0.25) is 0 Å². The molecule has 3 nitrogen and oxygen atoms in total. The highest BCUT2D eigenvalue weighted by atomic mass is 32.1. The molecule has 3 heterocycles. The summed E-state index contributed by atoms with van der Waals surface area (Å²) in [4.78, 5) is 8.18. The molecular weight excluding hydrogens is 298 g/mol. The fraction of sp³-hybridized carbons (Fsp3) is 0.125. The van der Waals surface area contributed by atoms with Gasteiger partial charge in [0.15, 0.2) is 0 Å². The largest absolute Gasteiger partial charge is 0.396 e. The highest BCUT2D eigenvalue weighted by Crippen LogP contribution is 2.46. The molecule has 0 unspecified atom stereocenters. The van der Waals surface area contributed by atoms with Gasteiger partial charge < -0.3 is 5.73 Å². The fourth-order valence-corrected chi connectivity index (χ4v) is 4.30.